The Bertz CT molecular complexity index is 1740. The molecule has 0 bridgehead atoms. The van der Waals surface area contributed by atoms with Gasteiger partial charge in [0.05, 0.1) is 24.4 Å². The summed E-state index contributed by atoms with van der Waals surface area (Å²) in [6.07, 6.45) is 2.74. The minimum Gasteiger partial charge on any atom is -0.454 e. The van der Waals surface area contributed by atoms with E-state index in [0.29, 0.717) is 27.6 Å². The average Bonchev–Trinajstić information content (AvgIpc) is 3.64. The molecular formula is C36H36N4O8. The second kappa shape index (κ2) is 14.8. The predicted molar refractivity (Wildman–Crippen MR) is 174 cm³/mol. The molecule has 12 nitrogen and oxygen atoms in total. The van der Waals surface area contributed by atoms with Gasteiger partial charge in [0.2, 0.25) is 18.6 Å². The second-order valence-electron chi connectivity index (χ2n) is 11.9. The molecule has 12 heteroatoms. The molecule has 1 saturated heterocycles. The van der Waals surface area contributed by atoms with Gasteiger partial charge >= 0.3 is 0 Å². The van der Waals surface area contributed by atoms with Gasteiger partial charge in [0.1, 0.15) is 5.92 Å². The van der Waals surface area contributed by atoms with Gasteiger partial charge in [0.25, 0.3) is 17.7 Å². The number of ketones is 1. The number of Topliss-reactive ketones (excluding diaryl/α,β-unsaturated/α-hetero) is 1. The van der Waals surface area contributed by atoms with Gasteiger partial charge < -0.3 is 20.1 Å². The number of fused-ring (bicyclic) bond motifs is 1. The fraction of sp³-hybridized carbons (Fsp3) is 0.278. The molecule has 2 aliphatic heterocycles. The van der Waals surface area contributed by atoms with Gasteiger partial charge in [-0.2, -0.15) is 5.01 Å². The lowest BCUT2D eigenvalue weighted by molar-refractivity contribution is -0.144. The first-order chi connectivity index (χ1) is 23.0. The van der Waals surface area contributed by atoms with E-state index in [1.807, 2.05) is 6.07 Å². The van der Waals surface area contributed by atoms with Crippen LogP contribution >= 0.6 is 0 Å². The molecule has 1 fully saturated rings. The summed E-state index contributed by atoms with van der Waals surface area (Å²) in [6.45, 7) is 4.99. The summed E-state index contributed by atoms with van der Waals surface area (Å²) in [4.78, 5) is 79.2. The van der Waals surface area contributed by atoms with E-state index < -0.39 is 65.2 Å². The number of hydrazine groups is 1. The van der Waals surface area contributed by atoms with E-state index in [-0.39, 0.29) is 18.8 Å². The molecule has 4 atom stereocenters. The molecule has 5 rings (SSSR count). The Morgan fingerprint density at radius 2 is 1.54 bits per heavy atom. The highest BCUT2D eigenvalue weighted by atomic mass is 16.7. The number of amides is 5. The number of carbonyl (C=O) groups is 6. The second-order valence-corrected chi connectivity index (χ2v) is 11.9. The molecule has 5 amide bonds. The summed E-state index contributed by atoms with van der Waals surface area (Å²) in [6, 6.07) is 20.4. The van der Waals surface area contributed by atoms with Crippen molar-refractivity contribution >= 4 is 41.4 Å². The van der Waals surface area contributed by atoms with Crippen LogP contribution in [0.2, 0.25) is 0 Å². The number of nitrogens with one attached hydrogen (secondary N) is 3. The SMILES string of the molecule is CC(C)[C@H](NC(=O)C[C@H](NC(=O)/C=C/c1ccc2c(c1)OCO2)c1ccccc1)C(=O)[C@@H]1C(=O)N(NC(=O)c2ccccc2)C(=O)[C@H]1C. The Balaban J connectivity index is 1.26. The fourth-order valence-electron chi connectivity index (χ4n) is 5.57. The zero-order valence-corrected chi connectivity index (χ0v) is 26.7. The molecule has 0 spiro atoms. The first kappa shape index (κ1) is 33.6. The van der Waals surface area contributed by atoms with Gasteiger partial charge in [-0.1, -0.05) is 75.4 Å². The number of carbonyl (C=O) groups excluding carboxylic acids is 6. The van der Waals surface area contributed by atoms with Crippen LogP contribution in [0.25, 0.3) is 6.08 Å². The van der Waals surface area contributed by atoms with E-state index in [4.69, 9.17) is 9.47 Å². The summed E-state index contributed by atoms with van der Waals surface area (Å²) < 4.78 is 10.7. The van der Waals surface area contributed by atoms with Crippen molar-refractivity contribution in [1.82, 2.24) is 21.1 Å². The first-order valence-electron chi connectivity index (χ1n) is 15.5. The number of rotatable bonds is 12. The number of nitrogens with zero attached hydrogens (tertiary/aromatic N) is 1. The quantitative estimate of drug-likeness (QED) is 0.153. The molecule has 48 heavy (non-hydrogen) atoms. The maximum atomic E-state index is 13.8. The molecule has 0 aromatic heterocycles. The monoisotopic (exact) mass is 652 g/mol. The molecule has 0 aliphatic carbocycles. The van der Waals surface area contributed by atoms with E-state index in [1.54, 1.807) is 80.6 Å². The third-order valence-corrected chi connectivity index (χ3v) is 8.17. The van der Waals surface area contributed by atoms with Gasteiger partial charge in [0.15, 0.2) is 17.3 Å². The number of hydrogen-bond donors (Lipinski definition) is 3. The van der Waals surface area contributed by atoms with Gasteiger partial charge in [-0.3, -0.25) is 34.2 Å². The molecule has 3 N–H and O–H groups in total. The minimum atomic E-state index is -1.41. The molecule has 0 saturated carbocycles. The molecule has 3 aromatic carbocycles. The lowest BCUT2D eigenvalue weighted by Gasteiger charge is -2.26. The largest absolute Gasteiger partial charge is 0.454 e. The molecule has 2 heterocycles. The van der Waals surface area contributed by atoms with Gasteiger partial charge in [0, 0.05) is 11.6 Å². The van der Waals surface area contributed by atoms with Crippen LogP contribution in [0.15, 0.2) is 84.9 Å². The molecule has 2 aliphatic rings. The van der Waals surface area contributed by atoms with Crippen LogP contribution in [0.4, 0.5) is 0 Å². The van der Waals surface area contributed by atoms with Crippen molar-refractivity contribution in [2.45, 2.75) is 39.3 Å². The summed E-state index contributed by atoms with van der Waals surface area (Å²) >= 11 is 0. The first-order valence-corrected chi connectivity index (χ1v) is 15.5. The van der Waals surface area contributed by atoms with Crippen LogP contribution in [0.3, 0.4) is 0 Å². The Labute approximate surface area is 277 Å². The topological polar surface area (TPSA) is 160 Å². The van der Waals surface area contributed by atoms with Crippen LogP contribution in [-0.4, -0.2) is 53.2 Å². The highest BCUT2D eigenvalue weighted by molar-refractivity contribution is 6.17. The molecule has 0 unspecified atom stereocenters. The number of benzene rings is 3. The Morgan fingerprint density at radius 1 is 0.875 bits per heavy atom. The van der Waals surface area contributed by atoms with E-state index >= 15 is 0 Å². The number of imide groups is 1. The summed E-state index contributed by atoms with van der Waals surface area (Å²) in [5, 5.41) is 6.17. The highest BCUT2D eigenvalue weighted by Gasteiger charge is 2.51. The van der Waals surface area contributed by atoms with E-state index in [9.17, 15) is 28.8 Å². The highest BCUT2D eigenvalue weighted by Crippen LogP contribution is 2.33. The van der Waals surface area contributed by atoms with Crippen LogP contribution in [0.1, 0.15) is 54.7 Å². The normalized spacial score (nSPS) is 18.1. The smallest absolute Gasteiger partial charge is 0.270 e. The van der Waals surface area contributed by atoms with Crippen LogP contribution in [-0.2, 0) is 24.0 Å². The van der Waals surface area contributed by atoms with Crippen molar-refractivity contribution in [3.05, 3.63) is 102 Å². The zero-order valence-electron chi connectivity index (χ0n) is 26.7. The fourth-order valence-corrected chi connectivity index (χ4v) is 5.57. The number of hydrogen-bond acceptors (Lipinski definition) is 8. The van der Waals surface area contributed by atoms with Crippen LogP contribution in [0, 0.1) is 17.8 Å². The van der Waals surface area contributed by atoms with Crippen LogP contribution in [0.5, 0.6) is 11.5 Å². The maximum absolute atomic E-state index is 13.8. The van der Waals surface area contributed by atoms with Crippen LogP contribution < -0.4 is 25.5 Å². The molecular weight excluding hydrogens is 616 g/mol. The third-order valence-electron chi connectivity index (χ3n) is 8.17. The minimum absolute atomic E-state index is 0.132. The summed E-state index contributed by atoms with van der Waals surface area (Å²) in [5.74, 6) is -5.63. The average molecular weight is 653 g/mol. The van der Waals surface area contributed by atoms with Crippen molar-refractivity contribution < 1.29 is 38.2 Å². The molecule has 3 aromatic rings. The van der Waals surface area contributed by atoms with E-state index in [0.717, 1.165) is 0 Å². The Hall–Kier alpha value is -5.78. The summed E-state index contributed by atoms with van der Waals surface area (Å²) in [7, 11) is 0. The predicted octanol–water partition coefficient (Wildman–Crippen LogP) is 3.35. The molecule has 248 valence electrons. The third kappa shape index (κ3) is 7.60. The summed E-state index contributed by atoms with van der Waals surface area (Å²) in [5.41, 5.74) is 3.93. The van der Waals surface area contributed by atoms with Gasteiger partial charge in [-0.15, -0.1) is 0 Å². The lowest BCUT2D eigenvalue weighted by atomic mass is 9.85. The van der Waals surface area contributed by atoms with Crippen molar-refractivity contribution in [1.29, 1.82) is 0 Å². The van der Waals surface area contributed by atoms with Crippen molar-refractivity contribution in [3.8, 4) is 11.5 Å². The zero-order chi connectivity index (χ0) is 34.4. The van der Waals surface area contributed by atoms with E-state index in [1.165, 1.54) is 25.1 Å². The number of ether oxygens (including phenoxy) is 2. The maximum Gasteiger partial charge on any atom is 0.270 e. The lowest BCUT2D eigenvalue weighted by Crippen LogP contribution is -2.51. The van der Waals surface area contributed by atoms with Gasteiger partial charge in [-0.05, 0) is 47.4 Å². The Kier molecular flexibility index (Phi) is 10.3. The van der Waals surface area contributed by atoms with Crippen molar-refractivity contribution in [3.63, 3.8) is 0 Å². The van der Waals surface area contributed by atoms with E-state index in [2.05, 4.69) is 16.1 Å². The Morgan fingerprint density at radius 3 is 2.23 bits per heavy atom. The van der Waals surface area contributed by atoms with Gasteiger partial charge in [-0.25, -0.2) is 0 Å². The standard InChI is InChI=1S/C36H36N4O8/c1-21(2)32(33(43)31-22(3)35(45)40(36(31)46)39-34(44)25-12-8-5-9-13-25)38-30(42)19-26(24-10-6-4-7-11-24)37-29(41)17-15-23-14-16-27-28(18-23)48-20-47-27/h4-18,21-22,26,31-32H,19-20H2,1-3H3,(H,37,41)(H,38,42)(H,39,44)/b17-15+/t22-,26-,31+,32-/m0/s1. The van der Waals surface area contributed by atoms with Crippen molar-refractivity contribution in [2.75, 3.05) is 6.79 Å². The molecule has 0 radical (unpaired) electrons. The van der Waals surface area contributed by atoms with Crippen molar-refractivity contribution in [2.24, 2.45) is 17.8 Å².